The molecule has 0 radical (unpaired) electrons. The van der Waals surface area contributed by atoms with Gasteiger partial charge in [0.25, 0.3) is 6.29 Å². The van der Waals surface area contributed by atoms with Gasteiger partial charge in [-0.15, -0.1) is 0 Å². The van der Waals surface area contributed by atoms with Crippen molar-refractivity contribution < 1.29 is 4.79 Å². The normalized spacial score (nSPS) is 5.25. The lowest BCUT2D eigenvalue weighted by Gasteiger charge is -1.37. The Hall–Kier alpha value is -0.460. The molecule has 0 aliphatic carbocycles. The molecule has 0 aromatic heterocycles. The Morgan fingerprint density at radius 3 is 2.25 bits per heavy atom. The van der Waals surface area contributed by atoms with E-state index in [1.165, 1.54) is 6.42 Å². The summed E-state index contributed by atoms with van der Waals surface area (Å²) in [4.78, 5) is 9.12. The maximum absolute atomic E-state index is 9.12. The van der Waals surface area contributed by atoms with E-state index in [1.807, 2.05) is 0 Å². The van der Waals surface area contributed by atoms with Crippen molar-refractivity contribution >= 4 is 6.29 Å². The molecule has 0 unspecified atom stereocenters. The summed E-state index contributed by atoms with van der Waals surface area (Å²) in [5, 5.41) is 0. The quantitative estimate of drug-likeness (QED) is 0.314. The van der Waals surface area contributed by atoms with Crippen LogP contribution < -0.4 is 0 Å². The van der Waals surface area contributed by atoms with Crippen molar-refractivity contribution in [3.05, 3.63) is 6.42 Å². The second kappa shape index (κ2) is 2.54. The first kappa shape index (κ1) is 3.54. The molecule has 0 aromatic rings. The largest absolute Gasteiger partial charge is 0.294 e. The summed E-state index contributed by atoms with van der Waals surface area (Å²) in [6, 6.07) is 0. The molecule has 0 spiro atoms. The fourth-order valence-corrected chi connectivity index (χ4v) is 0. The minimum absolute atomic E-state index is 0.750. The molecule has 0 aliphatic rings. The van der Waals surface area contributed by atoms with Crippen LogP contribution >= 0.6 is 0 Å². The van der Waals surface area contributed by atoms with Gasteiger partial charge in [0.1, 0.15) is 6.42 Å². The minimum Gasteiger partial charge on any atom is -0.247 e. The number of carbonyl (C=O) groups excluding carboxylic acids is 1. The summed E-state index contributed by atoms with van der Waals surface area (Å²) in [5.41, 5.74) is 0. The van der Waals surface area contributed by atoms with E-state index in [4.69, 9.17) is 4.79 Å². The molecule has 0 N–H and O–H groups in total. The van der Waals surface area contributed by atoms with Gasteiger partial charge < -0.3 is 0 Å². The first-order chi connectivity index (χ1) is 1.91. The molecule has 0 aliphatic heterocycles. The van der Waals surface area contributed by atoms with Gasteiger partial charge in [0.05, 0.1) is 6.92 Å². The fraction of sp³-hybridized carbons (Fsp3) is 0.333. The van der Waals surface area contributed by atoms with E-state index in [0.717, 1.165) is 6.29 Å². The Balaban J connectivity index is 2.30. The number of hydrogen-bond acceptors (Lipinski definition) is 1. The van der Waals surface area contributed by atoms with Gasteiger partial charge in [0, 0.05) is 0 Å². The number of aldehydes is 1. The Bertz CT molecular complexity index is 17.2. The molecule has 4 heavy (non-hydrogen) atoms. The summed E-state index contributed by atoms with van der Waals surface area (Å²) in [6.45, 7) is 1.69. The van der Waals surface area contributed by atoms with Crippen LogP contribution in [0.3, 0.4) is 0 Å². The van der Waals surface area contributed by atoms with Crippen LogP contribution in [-0.2, 0) is 4.79 Å². The predicted molar refractivity (Wildman–Crippen MR) is 16.0 cm³/mol. The van der Waals surface area contributed by atoms with Crippen LogP contribution in [0.1, 0.15) is 6.92 Å². The molecule has 0 fully saturated rings. The third-order valence-electron chi connectivity index (χ3n) is 0.136. The van der Waals surface area contributed by atoms with Crippen molar-refractivity contribution in [3.63, 3.8) is 0 Å². The van der Waals surface area contributed by atoms with Gasteiger partial charge in [-0.3, -0.25) is 0 Å². The maximum atomic E-state index is 9.12. The van der Waals surface area contributed by atoms with E-state index >= 15 is 0 Å². The third-order valence-corrected chi connectivity index (χ3v) is 0.136. The van der Waals surface area contributed by atoms with Crippen LogP contribution in [-0.4, -0.2) is 6.29 Å². The van der Waals surface area contributed by atoms with Crippen LogP contribution in [0.4, 0.5) is 0 Å². The smallest absolute Gasteiger partial charge is 0.247 e. The van der Waals surface area contributed by atoms with E-state index in [1.54, 1.807) is 6.92 Å². The van der Waals surface area contributed by atoms with Gasteiger partial charge in [0.2, 0.25) is 0 Å². The highest BCUT2D eigenvalue weighted by Gasteiger charge is 1.67. The molecular weight excluding hydrogens is 52.0 g/mol. The van der Waals surface area contributed by atoms with Crippen LogP contribution in [0, 0.1) is 6.42 Å². The monoisotopic (exact) mass is 57.0 g/mol. The van der Waals surface area contributed by atoms with E-state index in [9.17, 15) is 0 Å². The van der Waals surface area contributed by atoms with Gasteiger partial charge in [-0.25, -0.2) is 4.79 Å². The zero-order valence-electron chi connectivity index (χ0n) is 2.56. The zero-order chi connectivity index (χ0) is 3.41. The first-order valence-corrected chi connectivity index (χ1v) is 1.15. The molecule has 1 heteroatoms. The summed E-state index contributed by atoms with van der Waals surface area (Å²) in [5.74, 6) is 0. The molecular formula is C3H5O+. The average Bonchev–Trinajstić information content (AvgIpc) is 1.37. The molecule has 0 saturated heterocycles. The lowest BCUT2D eigenvalue weighted by molar-refractivity contribution is -0.105. The Labute approximate surface area is 25.6 Å². The molecule has 0 aromatic carbocycles. The number of carbonyl (C=O) groups is 1. The molecule has 0 saturated carbocycles. The van der Waals surface area contributed by atoms with Crippen molar-refractivity contribution in [2.24, 2.45) is 0 Å². The third kappa shape index (κ3) is 1.54. The van der Waals surface area contributed by atoms with Crippen LogP contribution in [0.15, 0.2) is 0 Å². The summed E-state index contributed by atoms with van der Waals surface area (Å²) < 4.78 is 0. The lowest BCUT2D eigenvalue weighted by atomic mass is 10.6. The SMILES string of the molecule is C[CH+]C=O. The molecule has 0 atom stereocenters. The number of rotatable bonds is 1. The van der Waals surface area contributed by atoms with Crippen molar-refractivity contribution in [3.8, 4) is 0 Å². The van der Waals surface area contributed by atoms with E-state index in [0.29, 0.717) is 0 Å². The van der Waals surface area contributed by atoms with Gasteiger partial charge >= 0.3 is 0 Å². The molecule has 0 amide bonds. The standard InChI is InChI=1S/C3H5O/c1-2-3-4/h2-3H,1H3/q+1. The topological polar surface area (TPSA) is 17.1 Å². The highest BCUT2D eigenvalue weighted by molar-refractivity contribution is 5.59. The summed E-state index contributed by atoms with van der Waals surface area (Å²) in [6.07, 6.45) is 2.19. The van der Waals surface area contributed by atoms with Crippen LogP contribution in [0.2, 0.25) is 0 Å². The average molecular weight is 57.1 g/mol. The molecule has 0 heterocycles. The second-order valence-electron chi connectivity index (χ2n) is 0.469. The highest BCUT2D eigenvalue weighted by atomic mass is 16.1. The number of hydrogen-bond donors (Lipinski definition) is 0. The van der Waals surface area contributed by atoms with Crippen molar-refractivity contribution in [2.45, 2.75) is 6.92 Å². The molecule has 0 bridgehead atoms. The Kier molecular flexibility index (Phi) is 2.25. The van der Waals surface area contributed by atoms with Gasteiger partial charge in [0.15, 0.2) is 0 Å². The van der Waals surface area contributed by atoms with E-state index < -0.39 is 0 Å². The Morgan fingerprint density at radius 1 is 2.00 bits per heavy atom. The first-order valence-electron chi connectivity index (χ1n) is 1.15. The fourth-order valence-electron chi connectivity index (χ4n) is 0. The van der Waals surface area contributed by atoms with Crippen LogP contribution in [0.5, 0.6) is 0 Å². The van der Waals surface area contributed by atoms with Crippen molar-refractivity contribution in [1.29, 1.82) is 0 Å². The van der Waals surface area contributed by atoms with Crippen molar-refractivity contribution in [2.75, 3.05) is 0 Å². The van der Waals surface area contributed by atoms with Crippen LogP contribution in [0.25, 0.3) is 0 Å². The lowest BCUT2D eigenvalue weighted by Crippen LogP contribution is -1.57. The second-order valence-corrected chi connectivity index (χ2v) is 0.469. The molecule has 22 valence electrons. The van der Waals surface area contributed by atoms with Gasteiger partial charge in [-0.2, -0.15) is 0 Å². The summed E-state index contributed by atoms with van der Waals surface area (Å²) in [7, 11) is 0. The maximum Gasteiger partial charge on any atom is 0.294 e. The minimum atomic E-state index is 0.750. The Morgan fingerprint density at radius 2 is 2.25 bits per heavy atom. The molecule has 1 nitrogen and oxygen atoms in total. The molecule has 0 rings (SSSR count). The van der Waals surface area contributed by atoms with E-state index in [-0.39, 0.29) is 0 Å². The van der Waals surface area contributed by atoms with E-state index in [2.05, 4.69) is 0 Å². The van der Waals surface area contributed by atoms with Crippen molar-refractivity contribution in [1.82, 2.24) is 0 Å². The van der Waals surface area contributed by atoms with Gasteiger partial charge in [-0.1, -0.05) is 0 Å². The highest BCUT2D eigenvalue weighted by Crippen LogP contribution is 1.50. The summed E-state index contributed by atoms with van der Waals surface area (Å²) >= 11 is 0. The van der Waals surface area contributed by atoms with Gasteiger partial charge in [-0.05, 0) is 0 Å². The predicted octanol–water partition coefficient (Wildman–Crippen LogP) is 0.409. The zero-order valence-corrected chi connectivity index (χ0v) is 2.56.